The van der Waals surface area contributed by atoms with Crippen LogP contribution in [-0.2, 0) is 5.41 Å². The van der Waals surface area contributed by atoms with Gasteiger partial charge in [-0.05, 0) is 105 Å². The highest BCUT2D eigenvalue weighted by atomic mass is 16.5. The molecule has 0 aliphatic carbocycles. The van der Waals surface area contributed by atoms with Gasteiger partial charge in [0.1, 0.15) is 17.3 Å². The first-order valence-corrected chi connectivity index (χ1v) is 20.7. The van der Waals surface area contributed by atoms with Gasteiger partial charge in [0.15, 0.2) is 0 Å². The Balaban J connectivity index is 0.979. The molecule has 13 rings (SSSR count). The monoisotopic (exact) mass is 768 g/mol. The van der Waals surface area contributed by atoms with E-state index in [1.54, 1.807) is 0 Å². The van der Waals surface area contributed by atoms with Gasteiger partial charge < -0.3 is 9.30 Å². The summed E-state index contributed by atoms with van der Waals surface area (Å²) < 4.78 is 13.7. The predicted molar refractivity (Wildman–Crippen MR) is 243 cm³/mol. The summed E-state index contributed by atoms with van der Waals surface area (Å²) in [6.07, 6.45) is 5.83. The summed E-state index contributed by atoms with van der Waals surface area (Å²) in [5, 5.41) is 2.34. The van der Waals surface area contributed by atoms with Crippen molar-refractivity contribution in [3.63, 3.8) is 0 Å². The lowest BCUT2D eigenvalue weighted by atomic mass is 9.41. The number of rotatable bonds is 4. The molecule has 282 valence electrons. The number of ether oxygens (including phenoxy) is 1. The van der Waals surface area contributed by atoms with Crippen LogP contribution in [-0.4, -0.2) is 20.8 Å². The number of pyridine rings is 1. The number of nitrogens with zero attached hydrogens (tertiary/aromatic N) is 4. The van der Waals surface area contributed by atoms with Gasteiger partial charge in [0, 0.05) is 28.6 Å². The lowest BCUT2D eigenvalue weighted by molar-refractivity contribution is -0.580. The maximum atomic E-state index is 6.81. The lowest BCUT2D eigenvalue weighted by Crippen LogP contribution is -2.59. The van der Waals surface area contributed by atoms with E-state index in [1.807, 2.05) is 12.3 Å². The van der Waals surface area contributed by atoms with Crippen molar-refractivity contribution in [1.82, 2.24) is 14.1 Å². The normalized spacial score (nSPS) is 12.9. The Morgan fingerprint density at radius 3 is 2.02 bits per heavy atom. The molecule has 0 amide bonds. The number of imidazole rings is 1. The molecular weight excluding hydrogens is 731 g/mol. The minimum atomic E-state index is -0.00768. The molecule has 60 heavy (non-hydrogen) atoms. The van der Waals surface area contributed by atoms with Gasteiger partial charge in [-0.2, -0.15) is 0 Å². The van der Waals surface area contributed by atoms with E-state index in [-0.39, 0.29) is 12.1 Å². The number of hydrogen-bond acceptors (Lipinski definition) is 2. The van der Waals surface area contributed by atoms with Crippen LogP contribution in [0.4, 0.5) is 0 Å². The highest BCUT2D eigenvalue weighted by Crippen LogP contribution is 2.42. The molecule has 6 heteroatoms. The molecule has 0 spiro atoms. The Morgan fingerprint density at radius 1 is 0.567 bits per heavy atom. The third-order valence-electron chi connectivity index (χ3n) is 13.0. The number of hydrogen-bond donors (Lipinski definition) is 0. The summed E-state index contributed by atoms with van der Waals surface area (Å²) >= 11 is 0. The smallest absolute Gasteiger partial charge is 0.269 e. The summed E-state index contributed by atoms with van der Waals surface area (Å²) in [4.78, 5) is 4.89. The van der Waals surface area contributed by atoms with Crippen molar-refractivity contribution in [3.8, 4) is 73.3 Å². The topological polar surface area (TPSA) is 35.9 Å². The first kappa shape index (κ1) is 33.5. The molecule has 0 bridgehead atoms. The maximum Gasteiger partial charge on any atom is 0.269 e. The van der Waals surface area contributed by atoms with Crippen molar-refractivity contribution in [2.24, 2.45) is 0 Å². The van der Waals surface area contributed by atoms with Gasteiger partial charge in [-0.1, -0.05) is 135 Å². The van der Waals surface area contributed by atoms with Crippen molar-refractivity contribution in [1.29, 1.82) is 0 Å². The largest absolute Gasteiger partial charge is 0.458 e. The number of benzene rings is 7. The Kier molecular flexibility index (Phi) is 6.74. The lowest BCUT2D eigenvalue weighted by Gasteiger charge is -2.20. The van der Waals surface area contributed by atoms with Gasteiger partial charge in [-0.15, -0.1) is 0 Å². The Bertz CT molecular complexity index is 3480. The molecule has 3 aromatic heterocycles. The average molecular weight is 769 g/mol. The van der Waals surface area contributed by atoms with Crippen LogP contribution >= 0.6 is 0 Å². The van der Waals surface area contributed by atoms with Crippen LogP contribution in [0.2, 0.25) is 0 Å². The molecule has 7 aromatic carbocycles. The predicted octanol–water partition coefficient (Wildman–Crippen LogP) is 10.3. The van der Waals surface area contributed by atoms with E-state index >= 15 is 0 Å². The molecule has 0 saturated heterocycles. The van der Waals surface area contributed by atoms with Crippen molar-refractivity contribution in [3.05, 3.63) is 182 Å². The molecule has 0 N–H and O–H groups in total. The van der Waals surface area contributed by atoms with Gasteiger partial charge in [0.25, 0.3) is 6.33 Å². The molecule has 0 radical (unpaired) electrons. The SMILES string of the molecule is CC(C)(C)c1ccnc(-n2c3ccccc3c3ccc(Oc4cccc(-n5[c-][n+]6c7c5-c5cccc8c5B7c5c(cccc5-8)-c5ccccc5-c5ccccc5-6)c4)cc32)c1. The first-order valence-electron chi connectivity index (χ1n) is 20.7. The minimum Gasteiger partial charge on any atom is -0.458 e. The summed E-state index contributed by atoms with van der Waals surface area (Å²) in [6, 6.07) is 59.1. The summed E-state index contributed by atoms with van der Waals surface area (Å²) in [7, 11) is 0. The van der Waals surface area contributed by atoms with E-state index in [4.69, 9.17) is 9.72 Å². The van der Waals surface area contributed by atoms with E-state index in [0.717, 1.165) is 45.1 Å². The first-order chi connectivity index (χ1) is 29.4. The fraction of sp³-hybridized carbons (Fsp3) is 0.0741. The Morgan fingerprint density at radius 2 is 1.20 bits per heavy atom. The van der Waals surface area contributed by atoms with Crippen molar-refractivity contribution >= 4 is 45.0 Å². The number of fused-ring (bicyclic) bond motifs is 10. The van der Waals surface area contributed by atoms with Crippen LogP contribution in [0, 0.1) is 6.33 Å². The average Bonchev–Trinajstić information content (AvgIpc) is 4.02. The number of aromatic nitrogens is 4. The molecule has 0 unspecified atom stereocenters. The molecule has 3 aliphatic rings. The van der Waals surface area contributed by atoms with E-state index in [9.17, 15) is 0 Å². The van der Waals surface area contributed by atoms with Crippen LogP contribution in [0.15, 0.2) is 170 Å². The summed E-state index contributed by atoms with van der Waals surface area (Å²) in [5.41, 5.74) is 19.6. The zero-order valence-corrected chi connectivity index (χ0v) is 33.4. The Hall–Kier alpha value is -7.44. The second-order valence-electron chi connectivity index (χ2n) is 17.3. The van der Waals surface area contributed by atoms with Gasteiger partial charge in [-0.25, -0.2) is 4.98 Å². The van der Waals surface area contributed by atoms with E-state index in [2.05, 4.69) is 199 Å². The van der Waals surface area contributed by atoms with Crippen molar-refractivity contribution in [2.45, 2.75) is 26.2 Å². The van der Waals surface area contributed by atoms with Gasteiger partial charge in [0.2, 0.25) is 6.71 Å². The molecule has 3 aliphatic heterocycles. The number of para-hydroxylation sites is 2. The highest BCUT2D eigenvalue weighted by Gasteiger charge is 2.47. The molecule has 5 nitrogen and oxygen atoms in total. The second kappa shape index (κ2) is 12.1. The molecule has 10 aromatic rings. The zero-order chi connectivity index (χ0) is 39.9. The Labute approximate surface area is 348 Å². The van der Waals surface area contributed by atoms with Crippen LogP contribution in [0.5, 0.6) is 11.5 Å². The van der Waals surface area contributed by atoms with E-state index < -0.39 is 0 Å². The van der Waals surface area contributed by atoms with Gasteiger partial charge in [0.05, 0.1) is 28.1 Å². The van der Waals surface area contributed by atoms with Crippen LogP contribution < -0.4 is 25.8 Å². The molecule has 0 saturated carbocycles. The molecule has 0 fully saturated rings. The molecule has 0 atom stereocenters. The minimum absolute atomic E-state index is 0.00768. The summed E-state index contributed by atoms with van der Waals surface area (Å²) in [6.45, 7) is 6.80. The van der Waals surface area contributed by atoms with E-state index in [1.165, 1.54) is 72.1 Å². The molecular formula is C54H37BN4O. The highest BCUT2D eigenvalue weighted by molar-refractivity contribution is 7.02. The summed E-state index contributed by atoms with van der Waals surface area (Å²) in [5.74, 6) is 2.41. The maximum absolute atomic E-state index is 6.81. The molecule has 6 heterocycles. The van der Waals surface area contributed by atoms with Crippen molar-refractivity contribution in [2.75, 3.05) is 0 Å². The fourth-order valence-corrected chi connectivity index (χ4v) is 10.3. The quantitative estimate of drug-likeness (QED) is 0.102. The van der Waals surface area contributed by atoms with Crippen molar-refractivity contribution < 1.29 is 9.30 Å². The van der Waals surface area contributed by atoms with E-state index in [0.29, 0.717) is 0 Å². The third-order valence-corrected chi connectivity index (χ3v) is 13.0. The standard InChI is InChI=1S/C54H37BN4O/c1-54(2,3)33-27-28-56-49(29-33)59-47-24-9-7-18-40(47)41-26-25-36(31-48(41)59)60-35-14-10-13-34(30-35)57-32-58-46-23-8-6-17-39(46)37-15-4-5-16-38(37)42-19-11-20-43-44-21-12-22-45-51(44)55(50(42)43)53(58)52(45)57/h4-31H,1-3H3. The fourth-order valence-electron chi connectivity index (χ4n) is 10.3. The van der Waals surface area contributed by atoms with Crippen LogP contribution in [0.3, 0.4) is 0 Å². The third kappa shape index (κ3) is 4.59. The van der Waals surface area contributed by atoms with Gasteiger partial charge >= 0.3 is 0 Å². The van der Waals surface area contributed by atoms with Crippen LogP contribution in [0.25, 0.3) is 83.6 Å². The zero-order valence-electron chi connectivity index (χ0n) is 33.4. The second-order valence-corrected chi connectivity index (χ2v) is 17.3. The van der Waals surface area contributed by atoms with Crippen LogP contribution in [0.1, 0.15) is 26.3 Å². The van der Waals surface area contributed by atoms with Gasteiger partial charge in [-0.3, -0.25) is 9.13 Å².